The van der Waals surface area contributed by atoms with Crippen molar-refractivity contribution in [2.75, 3.05) is 27.3 Å². The second kappa shape index (κ2) is 5.31. The minimum Gasteiger partial charge on any atom is -0.494 e. The summed E-state index contributed by atoms with van der Waals surface area (Å²) in [6.45, 7) is 0.236. The number of nitrogens with zero attached hydrogens (tertiary/aromatic N) is 2. The Labute approximate surface area is 88.3 Å². The van der Waals surface area contributed by atoms with Crippen LogP contribution in [0.4, 0.5) is 0 Å². The highest BCUT2D eigenvalue weighted by Gasteiger charge is 2.15. The van der Waals surface area contributed by atoms with Crippen molar-refractivity contribution in [2.24, 2.45) is 0 Å². The van der Waals surface area contributed by atoms with Crippen LogP contribution in [0.3, 0.4) is 0 Å². The van der Waals surface area contributed by atoms with Crippen LogP contribution in [0.2, 0.25) is 0 Å². The van der Waals surface area contributed by atoms with Crippen LogP contribution < -0.4 is 4.74 Å². The van der Waals surface area contributed by atoms with E-state index < -0.39 is 0 Å². The topological polar surface area (TPSA) is 62.7 Å². The number of methoxy groups -OCH3 is 1. The lowest BCUT2D eigenvalue weighted by Crippen LogP contribution is -2.29. The van der Waals surface area contributed by atoms with Gasteiger partial charge in [-0.25, -0.2) is 0 Å². The van der Waals surface area contributed by atoms with Crippen molar-refractivity contribution in [3.8, 4) is 5.75 Å². The van der Waals surface area contributed by atoms with E-state index in [-0.39, 0.29) is 12.5 Å². The Morgan fingerprint density at radius 1 is 1.67 bits per heavy atom. The van der Waals surface area contributed by atoms with Crippen LogP contribution in [0.5, 0.6) is 5.75 Å². The monoisotopic (exact) mass is 210 g/mol. The third-order valence-electron chi connectivity index (χ3n) is 2.02. The minimum absolute atomic E-state index is 0.0599. The number of aliphatic hydroxyl groups is 1. The Hall–Kier alpha value is -1.62. The molecule has 0 radical (unpaired) electrons. The molecule has 15 heavy (non-hydrogen) atoms. The first-order valence-electron chi connectivity index (χ1n) is 4.55. The highest BCUT2D eigenvalue weighted by atomic mass is 16.5. The zero-order valence-electron chi connectivity index (χ0n) is 8.80. The molecule has 0 aliphatic heterocycles. The maximum absolute atomic E-state index is 11.8. The molecule has 0 saturated carbocycles. The maximum atomic E-state index is 11.8. The van der Waals surface area contributed by atoms with Crippen LogP contribution in [0.1, 0.15) is 10.4 Å². The van der Waals surface area contributed by atoms with Gasteiger partial charge in [-0.2, -0.15) is 0 Å². The molecular weight excluding hydrogens is 196 g/mol. The van der Waals surface area contributed by atoms with Gasteiger partial charge >= 0.3 is 0 Å². The van der Waals surface area contributed by atoms with Gasteiger partial charge < -0.3 is 14.7 Å². The summed E-state index contributed by atoms with van der Waals surface area (Å²) in [4.78, 5) is 17.1. The van der Waals surface area contributed by atoms with Gasteiger partial charge in [-0.05, 0) is 6.07 Å². The first-order valence-corrected chi connectivity index (χ1v) is 4.55. The van der Waals surface area contributed by atoms with Gasteiger partial charge in [0.05, 0.1) is 25.5 Å². The zero-order chi connectivity index (χ0) is 11.3. The van der Waals surface area contributed by atoms with E-state index in [1.165, 1.54) is 24.4 Å². The molecule has 5 heteroatoms. The quantitative estimate of drug-likeness (QED) is 0.768. The molecule has 1 rings (SSSR count). The molecule has 5 nitrogen and oxygen atoms in total. The molecular formula is C10H14N2O3. The molecule has 0 bridgehead atoms. The van der Waals surface area contributed by atoms with Gasteiger partial charge in [0.15, 0.2) is 0 Å². The van der Waals surface area contributed by atoms with Crippen molar-refractivity contribution in [1.82, 2.24) is 9.88 Å². The minimum atomic E-state index is -0.191. The Morgan fingerprint density at radius 3 is 3.00 bits per heavy atom. The molecule has 0 aliphatic carbocycles. The number of likely N-dealkylation sites (N-methyl/N-ethyl adjacent to an activating group) is 1. The summed E-state index contributed by atoms with van der Waals surface area (Å²) in [5.74, 6) is 0.246. The molecule has 0 aromatic carbocycles. The third-order valence-corrected chi connectivity index (χ3v) is 2.02. The normalized spacial score (nSPS) is 9.80. The summed E-state index contributed by atoms with van der Waals surface area (Å²) in [7, 11) is 3.11. The van der Waals surface area contributed by atoms with Crippen LogP contribution >= 0.6 is 0 Å². The van der Waals surface area contributed by atoms with E-state index in [4.69, 9.17) is 9.84 Å². The first kappa shape index (κ1) is 11.5. The summed E-state index contributed by atoms with van der Waals surface area (Å²) in [5, 5.41) is 8.72. The molecule has 0 unspecified atom stereocenters. The van der Waals surface area contributed by atoms with E-state index in [9.17, 15) is 4.79 Å². The summed E-state index contributed by atoms with van der Waals surface area (Å²) < 4.78 is 5.02. The van der Waals surface area contributed by atoms with E-state index in [0.29, 0.717) is 17.9 Å². The van der Waals surface area contributed by atoms with Crippen molar-refractivity contribution >= 4 is 5.91 Å². The predicted octanol–water partition coefficient (Wildman–Crippen LogP) is 0.154. The number of hydrogen-bond donors (Lipinski definition) is 1. The van der Waals surface area contributed by atoms with Crippen molar-refractivity contribution < 1.29 is 14.6 Å². The van der Waals surface area contributed by atoms with Gasteiger partial charge in [0.25, 0.3) is 5.91 Å². The van der Waals surface area contributed by atoms with E-state index in [2.05, 4.69) is 4.98 Å². The summed E-state index contributed by atoms with van der Waals surface area (Å²) in [6.07, 6.45) is 3.02. The molecule has 0 fully saturated rings. The fourth-order valence-electron chi connectivity index (χ4n) is 1.18. The zero-order valence-corrected chi connectivity index (χ0v) is 8.80. The van der Waals surface area contributed by atoms with Crippen LogP contribution in [0.25, 0.3) is 0 Å². The van der Waals surface area contributed by atoms with E-state index >= 15 is 0 Å². The number of aliphatic hydroxyl groups excluding tert-OH is 1. The number of carbonyl (C=O) groups is 1. The van der Waals surface area contributed by atoms with Gasteiger partial charge in [0.2, 0.25) is 0 Å². The second-order valence-corrected chi connectivity index (χ2v) is 3.03. The Balaban J connectivity index is 2.90. The van der Waals surface area contributed by atoms with Crippen LogP contribution in [-0.4, -0.2) is 48.2 Å². The average Bonchev–Trinajstić information content (AvgIpc) is 2.28. The van der Waals surface area contributed by atoms with Crippen molar-refractivity contribution in [3.63, 3.8) is 0 Å². The lowest BCUT2D eigenvalue weighted by Gasteiger charge is -2.16. The molecule has 1 aromatic heterocycles. The number of amides is 1. The van der Waals surface area contributed by atoms with Gasteiger partial charge in [-0.1, -0.05) is 0 Å². The Morgan fingerprint density at radius 2 is 2.40 bits per heavy atom. The number of aromatic nitrogens is 1. The lowest BCUT2D eigenvalue weighted by atomic mass is 10.2. The van der Waals surface area contributed by atoms with Gasteiger partial charge in [0, 0.05) is 19.8 Å². The number of pyridine rings is 1. The molecule has 0 atom stereocenters. The van der Waals surface area contributed by atoms with E-state index in [0.717, 1.165) is 0 Å². The van der Waals surface area contributed by atoms with Gasteiger partial charge in [-0.15, -0.1) is 0 Å². The van der Waals surface area contributed by atoms with Crippen molar-refractivity contribution in [3.05, 3.63) is 24.0 Å². The molecule has 0 aliphatic rings. The van der Waals surface area contributed by atoms with Crippen LogP contribution in [0, 0.1) is 0 Å². The molecule has 1 amide bonds. The average molecular weight is 210 g/mol. The lowest BCUT2D eigenvalue weighted by molar-refractivity contribution is 0.0763. The van der Waals surface area contributed by atoms with Gasteiger partial charge in [-0.3, -0.25) is 9.78 Å². The molecule has 1 heterocycles. The van der Waals surface area contributed by atoms with Gasteiger partial charge in [0.1, 0.15) is 5.75 Å². The highest BCUT2D eigenvalue weighted by molar-refractivity contribution is 5.96. The standard InChI is InChI=1S/C10H14N2O3/c1-12(5-6-13)10(14)8-3-4-11-7-9(8)15-2/h3-4,7,13H,5-6H2,1-2H3. The molecule has 1 aromatic rings. The second-order valence-electron chi connectivity index (χ2n) is 3.03. The smallest absolute Gasteiger partial charge is 0.257 e. The number of hydrogen-bond acceptors (Lipinski definition) is 4. The Bertz CT molecular complexity index is 341. The maximum Gasteiger partial charge on any atom is 0.257 e. The first-order chi connectivity index (χ1) is 7.20. The molecule has 0 saturated heterocycles. The van der Waals surface area contributed by atoms with Crippen molar-refractivity contribution in [1.29, 1.82) is 0 Å². The van der Waals surface area contributed by atoms with E-state index in [1.807, 2.05) is 0 Å². The summed E-state index contributed by atoms with van der Waals surface area (Å²) in [6, 6.07) is 1.59. The molecule has 0 spiro atoms. The van der Waals surface area contributed by atoms with E-state index in [1.54, 1.807) is 13.1 Å². The third kappa shape index (κ3) is 2.66. The number of carbonyl (C=O) groups excluding carboxylic acids is 1. The Kier molecular flexibility index (Phi) is 4.05. The predicted molar refractivity (Wildman–Crippen MR) is 54.8 cm³/mol. The number of rotatable bonds is 4. The molecule has 82 valence electrons. The largest absolute Gasteiger partial charge is 0.494 e. The summed E-state index contributed by atoms with van der Waals surface area (Å²) >= 11 is 0. The van der Waals surface area contributed by atoms with Crippen LogP contribution in [-0.2, 0) is 0 Å². The fourth-order valence-corrected chi connectivity index (χ4v) is 1.18. The highest BCUT2D eigenvalue weighted by Crippen LogP contribution is 2.17. The SMILES string of the molecule is COc1cnccc1C(=O)N(C)CCO. The summed E-state index contributed by atoms with van der Waals surface area (Å²) in [5.41, 5.74) is 0.448. The molecule has 1 N–H and O–H groups in total. The fraction of sp³-hybridized carbons (Fsp3) is 0.400. The van der Waals surface area contributed by atoms with Crippen LogP contribution in [0.15, 0.2) is 18.5 Å². The van der Waals surface area contributed by atoms with Crippen molar-refractivity contribution in [2.45, 2.75) is 0 Å². The number of ether oxygens (including phenoxy) is 1.